The molecule has 0 saturated carbocycles. The number of nitrogens with one attached hydrogen (secondary N) is 1. The van der Waals surface area contributed by atoms with Crippen LogP contribution >= 0.6 is 22.6 Å². The second-order valence-corrected chi connectivity index (χ2v) is 10.3. The Labute approximate surface area is 215 Å². The average molecular weight is 576 g/mol. The molecular weight excluding hydrogens is 549 g/mol. The number of hydrogen-bond donors (Lipinski definition) is 1. The van der Waals surface area contributed by atoms with E-state index in [1.807, 2.05) is 13.8 Å². The van der Waals surface area contributed by atoms with Crippen LogP contribution in [0.25, 0.3) is 5.65 Å². The molecule has 0 fully saturated rings. The third-order valence-corrected chi connectivity index (χ3v) is 6.28. The normalized spacial score (nSPS) is 13.6. The minimum Gasteiger partial charge on any atom is -0.491 e. The van der Waals surface area contributed by atoms with E-state index in [1.54, 1.807) is 0 Å². The molecule has 3 aromatic rings. The van der Waals surface area contributed by atoms with Crippen molar-refractivity contribution in [1.29, 1.82) is 5.41 Å². The van der Waals surface area contributed by atoms with Gasteiger partial charge in [0.2, 0.25) is 11.5 Å². The van der Waals surface area contributed by atoms with Crippen LogP contribution in [0.4, 0.5) is 19.4 Å². The fourth-order valence-corrected chi connectivity index (χ4v) is 3.91. The van der Waals surface area contributed by atoms with Gasteiger partial charge in [-0.05, 0) is 31.0 Å². The number of methoxy groups -OCH3 is 1. The fraction of sp³-hybridized carbons (Fsp3) is 0.429. The first kappa shape index (κ1) is 30.3. The zero-order chi connectivity index (χ0) is 26.8. The number of hydrogen-bond acceptors (Lipinski definition) is 7. The molecule has 37 heavy (non-hydrogen) atoms. The third kappa shape index (κ3) is 7.55. The van der Waals surface area contributed by atoms with Gasteiger partial charge in [-0.25, -0.2) is 4.68 Å². The third-order valence-electron chi connectivity index (χ3n) is 5.15. The van der Waals surface area contributed by atoms with Crippen molar-refractivity contribution in [2.75, 3.05) is 20.3 Å². The van der Waals surface area contributed by atoms with Crippen LogP contribution in [0, 0.1) is 5.41 Å². The summed E-state index contributed by atoms with van der Waals surface area (Å²) < 4.78 is 85.1. The van der Waals surface area contributed by atoms with Gasteiger partial charge in [-0.2, -0.15) is 4.52 Å². The first-order valence-corrected chi connectivity index (χ1v) is 12.8. The Morgan fingerprint density at radius 1 is 1.05 bits per heavy atom. The molecule has 0 amide bonds. The van der Waals surface area contributed by atoms with Crippen LogP contribution < -0.4 is 15.1 Å². The van der Waals surface area contributed by atoms with Crippen molar-refractivity contribution in [3.63, 3.8) is 0 Å². The Balaban J connectivity index is 0.00000481. The van der Waals surface area contributed by atoms with Gasteiger partial charge >= 0.3 is 10.2 Å². The van der Waals surface area contributed by atoms with E-state index in [2.05, 4.69) is 10.2 Å². The standard InChI is InChI=1S/C21H26F5N5O4S.ClH/c1-4-15(5-2)35-20-7-6-19-28-30(21(27)31(19)29-20)13-18(32)14-10-16(34-9-8-33-3)12-17(11-14)36(22,23,24,25)26;/h6-7,10-12,15,27H,4-5,8-9,13H2,1-3H3;1H. The number of ether oxygens (including phenoxy) is 3. The van der Waals surface area contributed by atoms with Crippen LogP contribution in [0.2, 0.25) is 0 Å². The topological polar surface area (TPSA) is 104 Å². The van der Waals surface area contributed by atoms with E-state index in [0.717, 1.165) is 28.1 Å². The summed E-state index contributed by atoms with van der Waals surface area (Å²) in [5.74, 6) is -1.34. The van der Waals surface area contributed by atoms with Crippen LogP contribution in [0.3, 0.4) is 0 Å². The van der Waals surface area contributed by atoms with E-state index >= 15 is 0 Å². The Morgan fingerprint density at radius 2 is 1.73 bits per heavy atom. The van der Waals surface area contributed by atoms with E-state index < -0.39 is 38.8 Å². The van der Waals surface area contributed by atoms with Crippen molar-refractivity contribution in [1.82, 2.24) is 19.4 Å². The van der Waals surface area contributed by atoms with Gasteiger partial charge in [0.15, 0.2) is 11.4 Å². The number of carbonyl (C=O) groups is 1. The first-order valence-electron chi connectivity index (χ1n) is 10.9. The van der Waals surface area contributed by atoms with Crippen molar-refractivity contribution < 1.29 is 38.4 Å². The molecule has 3 rings (SSSR count). The predicted molar refractivity (Wildman–Crippen MR) is 129 cm³/mol. The zero-order valence-electron chi connectivity index (χ0n) is 20.1. The lowest BCUT2D eigenvalue weighted by atomic mass is 10.1. The Morgan fingerprint density at radius 3 is 2.32 bits per heavy atom. The van der Waals surface area contributed by atoms with Gasteiger partial charge in [0, 0.05) is 24.8 Å². The average Bonchev–Trinajstić information content (AvgIpc) is 3.10. The molecular formula is C21H27ClF5N5O4S. The van der Waals surface area contributed by atoms with E-state index in [0.29, 0.717) is 0 Å². The van der Waals surface area contributed by atoms with Crippen LogP contribution in [-0.4, -0.2) is 51.6 Å². The maximum Gasteiger partial charge on any atom is 0.310 e. The van der Waals surface area contributed by atoms with Gasteiger partial charge in [0.25, 0.3) is 0 Å². The molecule has 16 heteroatoms. The summed E-state index contributed by atoms with van der Waals surface area (Å²) in [5, 5.41) is 16.5. The summed E-state index contributed by atoms with van der Waals surface area (Å²) in [4.78, 5) is 10.6. The highest BCUT2D eigenvalue weighted by Gasteiger charge is 2.65. The molecule has 2 heterocycles. The summed E-state index contributed by atoms with van der Waals surface area (Å²) in [6.07, 6.45) is 1.37. The molecule has 1 N–H and O–H groups in total. The largest absolute Gasteiger partial charge is 0.491 e. The van der Waals surface area contributed by atoms with E-state index in [4.69, 9.17) is 19.6 Å². The predicted octanol–water partition coefficient (Wildman–Crippen LogP) is 5.56. The lowest BCUT2D eigenvalue weighted by molar-refractivity contribution is 0.0964. The molecule has 0 aliphatic carbocycles. The lowest BCUT2D eigenvalue weighted by Gasteiger charge is -2.40. The maximum absolute atomic E-state index is 13.5. The first-order chi connectivity index (χ1) is 16.6. The minimum atomic E-state index is -10.1. The van der Waals surface area contributed by atoms with Crippen LogP contribution in [0.15, 0.2) is 35.2 Å². The number of nitrogens with zero attached hydrogens (tertiary/aromatic N) is 4. The Hall–Kier alpha value is -2.91. The molecule has 1 aromatic carbocycles. The number of Topliss-reactive ketones (excluding diaryl/α,β-unsaturated/α-hetero) is 1. The van der Waals surface area contributed by atoms with Crippen molar-refractivity contribution in [2.24, 2.45) is 0 Å². The Bertz CT molecular complexity index is 1330. The number of benzene rings is 1. The van der Waals surface area contributed by atoms with Gasteiger partial charge in [-0.3, -0.25) is 10.2 Å². The second kappa shape index (κ2) is 10.5. The summed E-state index contributed by atoms with van der Waals surface area (Å²) in [7, 11) is -8.80. The van der Waals surface area contributed by atoms with Crippen LogP contribution in [0.5, 0.6) is 11.6 Å². The zero-order valence-corrected chi connectivity index (χ0v) is 21.8. The highest BCUT2D eigenvalue weighted by Crippen LogP contribution is 3.02. The molecule has 208 valence electrons. The summed E-state index contributed by atoms with van der Waals surface area (Å²) in [5.41, 5.74) is -0.870. The molecule has 9 nitrogen and oxygen atoms in total. The number of halogens is 6. The fourth-order valence-electron chi connectivity index (χ4n) is 3.22. The van der Waals surface area contributed by atoms with Gasteiger partial charge in [-0.15, -0.1) is 22.6 Å². The van der Waals surface area contributed by atoms with Crippen LogP contribution in [0.1, 0.15) is 37.0 Å². The number of rotatable bonds is 12. The molecule has 0 aliphatic rings. The van der Waals surface area contributed by atoms with Crippen molar-refractivity contribution in [3.8, 4) is 11.6 Å². The number of carbonyl (C=O) groups excluding carboxylic acids is 1. The molecule has 0 spiro atoms. The molecule has 0 unspecified atom stereocenters. The van der Waals surface area contributed by atoms with Crippen molar-refractivity contribution in [3.05, 3.63) is 41.5 Å². The molecule has 0 saturated heterocycles. The van der Waals surface area contributed by atoms with Gasteiger partial charge in [0.05, 0.1) is 12.7 Å². The lowest BCUT2D eigenvalue weighted by Crippen LogP contribution is -2.26. The summed E-state index contributed by atoms with van der Waals surface area (Å²) in [6, 6.07) is 4.18. The van der Waals surface area contributed by atoms with E-state index in [9.17, 15) is 24.2 Å². The second-order valence-electron chi connectivity index (χ2n) is 7.91. The SMILES string of the molecule is CCC(CC)Oc1ccc2nn(CC(=O)c3cc(OCCOC)cc(S(F)(F)(F)(F)F)c3)c(=N)n2n1.Cl. The Kier molecular flexibility index (Phi) is 8.57. The maximum atomic E-state index is 13.5. The van der Waals surface area contributed by atoms with Crippen LogP contribution in [-0.2, 0) is 11.3 Å². The summed E-state index contributed by atoms with van der Waals surface area (Å²) in [6.45, 7) is 2.95. The molecule has 0 bridgehead atoms. The van der Waals surface area contributed by atoms with Gasteiger partial charge < -0.3 is 14.2 Å². The highest BCUT2D eigenvalue weighted by molar-refractivity contribution is 8.45. The van der Waals surface area contributed by atoms with Crippen molar-refractivity contribution in [2.45, 2.75) is 44.2 Å². The quantitative estimate of drug-likeness (QED) is 0.172. The number of aromatic nitrogens is 4. The summed E-state index contributed by atoms with van der Waals surface area (Å²) >= 11 is 0. The molecule has 0 atom stereocenters. The van der Waals surface area contributed by atoms with Crippen molar-refractivity contribution >= 4 is 34.1 Å². The van der Waals surface area contributed by atoms with Gasteiger partial charge in [0.1, 0.15) is 23.8 Å². The number of ketones is 1. The van der Waals surface area contributed by atoms with E-state index in [-0.39, 0.29) is 61.0 Å². The van der Waals surface area contributed by atoms with E-state index in [1.165, 1.54) is 19.2 Å². The molecule has 0 radical (unpaired) electrons. The number of fused-ring (bicyclic) bond motifs is 1. The smallest absolute Gasteiger partial charge is 0.310 e. The molecule has 2 aromatic heterocycles. The molecule has 0 aliphatic heterocycles. The van der Waals surface area contributed by atoms with Gasteiger partial charge in [-0.1, -0.05) is 33.3 Å². The highest BCUT2D eigenvalue weighted by atomic mass is 35.5. The monoisotopic (exact) mass is 575 g/mol. The minimum absolute atomic E-state index is 0.